The Morgan fingerprint density at radius 1 is 1.15 bits per heavy atom. The minimum Gasteiger partial charge on any atom is -0.478 e. The number of hydrogen-bond acceptors (Lipinski definition) is 3. The molecule has 1 aromatic carbocycles. The summed E-state index contributed by atoms with van der Waals surface area (Å²) in [5.41, 5.74) is -0.951. The highest BCUT2D eigenvalue weighted by Crippen LogP contribution is 2.21. The molecule has 20 heavy (non-hydrogen) atoms. The molecule has 1 aromatic rings. The average molecular weight is 280 g/mol. The number of carbonyl (C=O) groups is 1. The Bertz CT molecular complexity index is 465. The Labute approximate surface area is 119 Å². The van der Waals surface area contributed by atoms with Gasteiger partial charge in [0.1, 0.15) is 11.6 Å². The average Bonchev–Trinajstić information content (AvgIpc) is 2.41. The second kappa shape index (κ2) is 5.79. The summed E-state index contributed by atoms with van der Waals surface area (Å²) in [5.74, 6) is 0.148. The third-order valence-corrected chi connectivity index (χ3v) is 3.49. The summed E-state index contributed by atoms with van der Waals surface area (Å²) < 4.78 is 18.6. The largest absolute Gasteiger partial charge is 0.478 e. The van der Waals surface area contributed by atoms with Gasteiger partial charge in [0.15, 0.2) is 5.60 Å². The van der Waals surface area contributed by atoms with Crippen molar-refractivity contribution in [2.24, 2.45) is 0 Å². The van der Waals surface area contributed by atoms with Gasteiger partial charge in [-0.25, -0.2) is 4.39 Å². The van der Waals surface area contributed by atoms with Gasteiger partial charge in [-0.2, -0.15) is 0 Å². The Hall–Kier alpha value is -1.62. The quantitative estimate of drug-likeness (QED) is 0.846. The normalized spacial score (nSPS) is 17.1. The number of hydrogen-bond donors (Lipinski definition) is 0. The molecule has 0 bridgehead atoms. The van der Waals surface area contributed by atoms with Crippen molar-refractivity contribution in [2.45, 2.75) is 19.4 Å². The lowest BCUT2D eigenvalue weighted by atomic mass is 10.1. The van der Waals surface area contributed by atoms with Crippen LogP contribution in [0.1, 0.15) is 13.8 Å². The molecule has 2 rings (SSSR count). The van der Waals surface area contributed by atoms with Crippen LogP contribution in [0.4, 0.5) is 4.39 Å². The van der Waals surface area contributed by atoms with Crippen molar-refractivity contribution in [3.05, 3.63) is 30.1 Å². The molecule has 4 nitrogen and oxygen atoms in total. The lowest BCUT2D eigenvalue weighted by Crippen LogP contribution is -2.55. The van der Waals surface area contributed by atoms with E-state index in [9.17, 15) is 9.18 Å². The van der Waals surface area contributed by atoms with E-state index >= 15 is 0 Å². The number of benzene rings is 1. The Balaban J connectivity index is 2.01. The van der Waals surface area contributed by atoms with E-state index in [0.717, 1.165) is 13.1 Å². The smallest absolute Gasteiger partial charge is 0.266 e. The number of halogens is 1. The van der Waals surface area contributed by atoms with Crippen LogP contribution in [-0.2, 0) is 4.79 Å². The molecule has 1 fully saturated rings. The van der Waals surface area contributed by atoms with Crippen LogP contribution < -0.4 is 4.74 Å². The van der Waals surface area contributed by atoms with Crippen molar-refractivity contribution in [1.29, 1.82) is 0 Å². The molecule has 1 aliphatic heterocycles. The first kappa shape index (κ1) is 14.8. The maximum atomic E-state index is 12.9. The third-order valence-electron chi connectivity index (χ3n) is 3.49. The van der Waals surface area contributed by atoms with Gasteiger partial charge in [0.25, 0.3) is 5.91 Å². The number of piperazine rings is 1. The zero-order valence-electron chi connectivity index (χ0n) is 12.2. The van der Waals surface area contributed by atoms with Crippen molar-refractivity contribution in [1.82, 2.24) is 9.80 Å². The molecule has 0 atom stereocenters. The minimum atomic E-state index is -0.951. The molecule has 5 heteroatoms. The van der Waals surface area contributed by atoms with Crippen molar-refractivity contribution in [3.63, 3.8) is 0 Å². The van der Waals surface area contributed by atoms with Crippen molar-refractivity contribution >= 4 is 5.91 Å². The summed E-state index contributed by atoms with van der Waals surface area (Å²) in [6, 6.07) is 5.72. The lowest BCUT2D eigenvalue weighted by molar-refractivity contribution is -0.147. The molecule has 0 aromatic heterocycles. The van der Waals surface area contributed by atoms with Gasteiger partial charge in [-0.3, -0.25) is 4.79 Å². The summed E-state index contributed by atoms with van der Waals surface area (Å²) in [7, 11) is 2.04. The molecule has 0 unspecified atom stereocenters. The molecular formula is C15H21FN2O2. The predicted octanol–water partition coefficient (Wildman–Crippen LogP) is 1.76. The van der Waals surface area contributed by atoms with Gasteiger partial charge in [0.2, 0.25) is 0 Å². The topological polar surface area (TPSA) is 32.8 Å². The van der Waals surface area contributed by atoms with Gasteiger partial charge < -0.3 is 14.5 Å². The van der Waals surface area contributed by atoms with Crippen LogP contribution >= 0.6 is 0 Å². The molecule has 0 saturated carbocycles. The fraction of sp³-hybridized carbons (Fsp3) is 0.533. The van der Waals surface area contributed by atoms with Crippen LogP contribution in [0.3, 0.4) is 0 Å². The molecule has 0 radical (unpaired) electrons. The molecule has 1 aliphatic rings. The van der Waals surface area contributed by atoms with E-state index in [1.807, 2.05) is 11.9 Å². The van der Waals surface area contributed by atoms with Gasteiger partial charge in [0, 0.05) is 26.2 Å². The zero-order chi connectivity index (χ0) is 14.8. The number of ether oxygens (including phenoxy) is 1. The van der Waals surface area contributed by atoms with Gasteiger partial charge in [-0.1, -0.05) is 0 Å². The first-order valence-corrected chi connectivity index (χ1v) is 6.81. The lowest BCUT2D eigenvalue weighted by Gasteiger charge is -2.37. The van der Waals surface area contributed by atoms with Crippen LogP contribution in [0.5, 0.6) is 5.75 Å². The van der Waals surface area contributed by atoms with Gasteiger partial charge in [-0.05, 0) is 45.2 Å². The van der Waals surface area contributed by atoms with Crippen LogP contribution in [0.15, 0.2) is 24.3 Å². The fourth-order valence-corrected chi connectivity index (χ4v) is 2.23. The molecule has 1 saturated heterocycles. The zero-order valence-corrected chi connectivity index (χ0v) is 12.2. The van der Waals surface area contributed by atoms with Gasteiger partial charge in [-0.15, -0.1) is 0 Å². The van der Waals surface area contributed by atoms with E-state index in [-0.39, 0.29) is 11.7 Å². The fourth-order valence-electron chi connectivity index (χ4n) is 2.23. The van der Waals surface area contributed by atoms with E-state index in [4.69, 9.17) is 4.74 Å². The summed E-state index contributed by atoms with van der Waals surface area (Å²) in [6.07, 6.45) is 0. The molecule has 1 heterocycles. The first-order chi connectivity index (χ1) is 9.38. The molecule has 0 spiro atoms. The van der Waals surface area contributed by atoms with Crippen molar-refractivity contribution in [3.8, 4) is 5.75 Å². The van der Waals surface area contributed by atoms with E-state index in [1.165, 1.54) is 24.3 Å². The summed E-state index contributed by atoms with van der Waals surface area (Å²) in [4.78, 5) is 16.5. The highest BCUT2D eigenvalue weighted by atomic mass is 19.1. The molecule has 0 N–H and O–H groups in total. The minimum absolute atomic E-state index is 0.0325. The second-order valence-electron chi connectivity index (χ2n) is 5.66. The van der Waals surface area contributed by atoms with E-state index < -0.39 is 5.60 Å². The Morgan fingerprint density at radius 2 is 1.70 bits per heavy atom. The van der Waals surface area contributed by atoms with Crippen LogP contribution in [0.2, 0.25) is 0 Å². The monoisotopic (exact) mass is 280 g/mol. The third kappa shape index (κ3) is 3.48. The van der Waals surface area contributed by atoms with E-state index in [1.54, 1.807) is 13.8 Å². The summed E-state index contributed by atoms with van der Waals surface area (Å²) in [6.45, 7) is 6.67. The van der Waals surface area contributed by atoms with Crippen LogP contribution in [0, 0.1) is 5.82 Å². The number of rotatable bonds is 3. The maximum Gasteiger partial charge on any atom is 0.266 e. The highest BCUT2D eigenvalue weighted by Gasteiger charge is 2.35. The van der Waals surface area contributed by atoms with Crippen molar-refractivity contribution < 1.29 is 13.9 Å². The Morgan fingerprint density at radius 3 is 2.25 bits per heavy atom. The van der Waals surface area contributed by atoms with Gasteiger partial charge in [0.05, 0.1) is 0 Å². The number of nitrogens with zero attached hydrogens (tertiary/aromatic N) is 2. The number of carbonyl (C=O) groups excluding carboxylic acids is 1. The molecule has 0 aliphatic carbocycles. The molecular weight excluding hydrogens is 259 g/mol. The summed E-state index contributed by atoms with van der Waals surface area (Å²) >= 11 is 0. The summed E-state index contributed by atoms with van der Waals surface area (Å²) in [5, 5.41) is 0. The van der Waals surface area contributed by atoms with Crippen LogP contribution in [0.25, 0.3) is 0 Å². The maximum absolute atomic E-state index is 12.9. The SMILES string of the molecule is CN1CCN(C(=O)C(C)(C)Oc2ccc(F)cc2)CC1. The van der Waals surface area contributed by atoms with Crippen LogP contribution in [-0.4, -0.2) is 54.5 Å². The highest BCUT2D eigenvalue weighted by molar-refractivity contribution is 5.85. The van der Waals surface area contributed by atoms with E-state index in [0.29, 0.717) is 18.8 Å². The molecule has 1 amide bonds. The molecule has 110 valence electrons. The standard InChI is InChI=1S/C15H21FN2O2/c1-15(2,20-13-6-4-12(16)5-7-13)14(19)18-10-8-17(3)9-11-18/h4-7H,8-11H2,1-3H3. The Kier molecular flexibility index (Phi) is 4.28. The predicted molar refractivity (Wildman–Crippen MR) is 75.2 cm³/mol. The number of likely N-dealkylation sites (N-methyl/N-ethyl adjacent to an activating group) is 1. The second-order valence-corrected chi connectivity index (χ2v) is 5.66. The van der Waals surface area contributed by atoms with E-state index in [2.05, 4.69) is 4.90 Å². The van der Waals surface area contributed by atoms with Gasteiger partial charge >= 0.3 is 0 Å². The number of amides is 1. The first-order valence-electron chi connectivity index (χ1n) is 6.81. The van der Waals surface area contributed by atoms with Crippen molar-refractivity contribution in [2.75, 3.05) is 33.2 Å².